The maximum atomic E-state index is 5.54. The molecule has 2 aliphatic rings. The van der Waals surface area contributed by atoms with Gasteiger partial charge in [-0.15, -0.1) is 0 Å². The molecule has 0 saturated heterocycles. The lowest BCUT2D eigenvalue weighted by Crippen LogP contribution is -2.26. The highest BCUT2D eigenvalue weighted by molar-refractivity contribution is 5.56. The van der Waals surface area contributed by atoms with Gasteiger partial charge in [-0.25, -0.2) is 0 Å². The van der Waals surface area contributed by atoms with E-state index in [1.54, 1.807) is 6.26 Å². The van der Waals surface area contributed by atoms with Crippen LogP contribution in [0.5, 0.6) is 0 Å². The molecule has 2 heterocycles. The summed E-state index contributed by atoms with van der Waals surface area (Å²) in [6, 6.07) is 11.5. The van der Waals surface area contributed by atoms with E-state index in [1.165, 1.54) is 42.5 Å². The Bertz CT molecular complexity index is 602. The molecule has 2 aromatic rings. The van der Waals surface area contributed by atoms with Crippen molar-refractivity contribution in [1.82, 2.24) is 4.90 Å². The van der Waals surface area contributed by atoms with E-state index in [1.807, 2.05) is 6.07 Å². The molecule has 0 radical (unpaired) electrons. The van der Waals surface area contributed by atoms with Crippen molar-refractivity contribution in [3.05, 3.63) is 53.5 Å². The molecule has 0 bridgehead atoms. The van der Waals surface area contributed by atoms with Crippen LogP contribution < -0.4 is 5.32 Å². The van der Waals surface area contributed by atoms with Crippen molar-refractivity contribution in [2.24, 2.45) is 0 Å². The average molecular weight is 282 g/mol. The van der Waals surface area contributed by atoms with Gasteiger partial charge in [-0.3, -0.25) is 4.90 Å². The van der Waals surface area contributed by atoms with Crippen LogP contribution in [-0.2, 0) is 19.5 Å². The lowest BCUT2D eigenvalue weighted by Gasteiger charge is -2.26. The van der Waals surface area contributed by atoms with E-state index in [0.717, 1.165) is 31.4 Å². The topological polar surface area (TPSA) is 28.4 Å². The van der Waals surface area contributed by atoms with Crippen LogP contribution in [0.2, 0.25) is 0 Å². The second-order valence-corrected chi connectivity index (χ2v) is 6.19. The molecule has 110 valence electrons. The summed E-state index contributed by atoms with van der Waals surface area (Å²) >= 11 is 0. The van der Waals surface area contributed by atoms with Gasteiger partial charge in [0.1, 0.15) is 5.76 Å². The fourth-order valence-electron chi connectivity index (χ4n) is 3.31. The van der Waals surface area contributed by atoms with E-state index in [0.29, 0.717) is 0 Å². The van der Waals surface area contributed by atoms with E-state index in [-0.39, 0.29) is 0 Å². The van der Waals surface area contributed by atoms with Gasteiger partial charge < -0.3 is 9.73 Å². The molecule has 3 heteroatoms. The number of hydrogen-bond donors (Lipinski definition) is 1. The molecule has 1 saturated carbocycles. The molecule has 1 aliphatic carbocycles. The van der Waals surface area contributed by atoms with E-state index in [2.05, 4.69) is 34.5 Å². The Morgan fingerprint density at radius 3 is 2.90 bits per heavy atom. The fraction of sp³-hybridized carbons (Fsp3) is 0.444. The second-order valence-electron chi connectivity index (χ2n) is 6.19. The number of furan rings is 1. The highest BCUT2D eigenvalue weighted by atomic mass is 16.3. The van der Waals surface area contributed by atoms with Gasteiger partial charge in [-0.1, -0.05) is 12.1 Å². The smallest absolute Gasteiger partial charge is 0.117 e. The maximum Gasteiger partial charge on any atom is 0.117 e. The lowest BCUT2D eigenvalue weighted by atomic mass is 9.97. The van der Waals surface area contributed by atoms with Crippen molar-refractivity contribution < 1.29 is 4.42 Å². The molecule has 1 N–H and O–H groups in total. The molecule has 1 aliphatic heterocycles. The quantitative estimate of drug-likeness (QED) is 0.904. The van der Waals surface area contributed by atoms with Crippen molar-refractivity contribution >= 4 is 5.69 Å². The van der Waals surface area contributed by atoms with Gasteiger partial charge in [-0.2, -0.15) is 0 Å². The number of hydrogen-bond acceptors (Lipinski definition) is 3. The Kier molecular flexibility index (Phi) is 3.44. The zero-order chi connectivity index (χ0) is 14.1. The van der Waals surface area contributed by atoms with E-state index in [9.17, 15) is 0 Å². The SMILES string of the molecule is c1coc(CN(Cc2cccc3c2CCCN3)C2CC2)c1. The number of fused-ring (bicyclic) bond motifs is 1. The zero-order valence-corrected chi connectivity index (χ0v) is 12.3. The largest absolute Gasteiger partial charge is 0.468 e. The third kappa shape index (κ3) is 2.84. The first-order valence-electron chi connectivity index (χ1n) is 8.01. The van der Waals surface area contributed by atoms with Gasteiger partial charge in [0.2, 0.25) is 0 Å². The van der Waals surface area contributed by atoms with Crippen LogP contribution in [0.1, 0.15) is 36.1 Å². The molecule has 0 atom stereocenters. The summed E-state index contributed by atoms with van der Waals surface area (Å²) in [7, 11) is 0. The molecule has 3 nitrogen and oxygen atoms in total. The second kappa shape index (κ2) is 5.57. The van der Waals surface area contributed by atoms with Crippen LogP contribution in [0.15, 0.2) is 41.0 Å². The Morgan fingerprint density at radius 2 is 2.10 bits per heavy atom. The van der Waals surface area contributed by atoms with Gasteiger partial charge in [0.05, 0.1) is 12.8 Å². The molecular formula is C18H22N2O. The van der Waals surface area contributed by atoms with Crippen molar-refractivity contribution in [3.63, 3.8) is 0 Å². The Morgan fingerprint density at radius 1 is 1.14 bits per heavy atom. The van der Waals surface area contributed by atoms with Crippen LogP contribution in [0, 0.1) is 0 Å². The molecule has 0 unspecified atom stereocenters. The molecule has 21 heavy (non-hydrogen) atoms. The summed E-state index contributed by atoms with van der Waals surface area (Å²) in [5, 5.41) is 3.53. The van der Waals surface area contributed by atoms with Gasteiger partial charge in [-0.05, 0) is 55.0 Å². The van der Waals surface area contributed by atoms with E-state index < -0.39 is 0 Å². The van der Waals surface area contributed by atoms with Gasteiger partial charge in [0.15, 0.2) is 0 Å². The standard InChI is InChI=1S/C18H22N2O/c1-4-14(17-6-2-10-19-18(17)7-1)12-20(15-8-9-15)13-16-5-3-11-21-16/h1,3-5,7,11,15,19H,2,6,8-10,12-13H2. The lowest BCUT2D eigenvalue weighted by molar-refractivity contribution is 0.224. The number of nitrogens with zero attached hydrogens (tertiary/aromatic N) is 1. The summed E-state index contributed by atoms with van der Waals surface area (Å²) in [6.45, 7) is 3.07. The Labute approximate surface area is 126 Å². The predicted octanol–water partition coefficient (Wildman–Crippen LogP) is 3.80. The number of rotatable bonds is 5. The number of benzene rings is 1. The third-order valence-electron chi connectivity index (χ3n) is 4.57. The highest BCUT2D eigenvalue weighted by Crippen LogP contribution is 2.32. The van der Waals surface area contributed by atoms with Crippen molar-refractivity contribution in [1.29, 1.82) is 0 Å². The first kappa shape index (κ1) is 13.0. The molecule has 0 spiro atoms. The summed E-state index contributed by atoms with van der Waals surface area (Å²) < 4.78 is 5.54. The average Bonchev–Trinajstić information content (AvgIpc) is 3.25. The minimum absolute atomic E-state index is 0.738. The first-order chi connectivity index (χ1) is 10.4. The molecule has 1 fully saturated rings. The van der Waals surface area contributed by atoms with Gasteiger partial charge >= 0.3 is 0 Å². The number of anilines is 1. The molecule has 0 amide bonds. The van der Waals surface area contributed by atoms with Crippen molar-refractivity contribution in [3.8, 4) is 0 Å². The molecule has 1 aromatic heterocycles. The molecular weight excluding hydrogens is 260 g/mol. The summed E-state index contributed by atoms with van der Waals surface area (Å²) in [5.74, 6) is 1.07. The van der Waals surface area contributed by atoms with Gasteiger partial charge in [0, 0.05) is 24.8 Å². The Hall–Kier alpha value is -1.74. The van der Waals surface area contributed by atoms with Crippen LogP contribution in [0.4, 0.5) is 5.69 Å². The van der Waals surface area contributed by atoms with Crippen LogP contribution in [0.3, 0.4) is 0 Å². The van der Waals surface area contributed by atoms with Gasteiger partial charge in [0.25, 0.3) is 0 Å². The van der Waals surface area contributed by atoms with E-state index >= 15 is 0 Å². The fourth-order valence-corrected chi connectivity index (χ4v) is 3.31. The minimum Gasteiger partial charge on any atom is -0.468 e. The van der Waals surface area contributed by atoms with E-state index in [4.69, 9.17) is 4.42 Å². The maximum absolute atomic E-state index is 5.54. The summed E-state index contributed by atoms with van der Waals surface area (Å²) in [5.41, 5.74) is 4.35. The van der Waals surface area contributed by atoms with Crippen molar-refractivity contribution in [2.45, 2.75) is 44.8 Å². The number of nitrogens with one attached hydrogen (secondary N) is 1. The first-order valence-corrected chi connectivity index (χ1v) is 8.01. The summed E-state index contributed by atoms with van der Waals surface area (Å²) in [6.07, 6.45) is 6.88. The van der Waals surface area contributed by atoms with Crippen LogP contribution >= 0.6 is 0 Å². The Balaban J connectivity index is 1.55. The predicted molar refractivity (Wildman–Crippen MR) is 84.2 cm³/mol. The van der Waals surface area contributed by atoms with Crippen LogP contribution in [-0.4, -0.2) is 17.5 Å². The third-order valence-corrected chi connectivity index (χ3v) is 4.57. The molecule has 4 rings (SSSR count). The highest BCUT2D eigenvalue weighted by Gasteiger charge is 2.30. The van der Waals surface area contributed by atoms with Crippen molar-refractivity contribution in [2.75, 3.05) is 11.9 Å². The summed E-state index contributed by atoms with van der Waals surface area (Å²) in [4.78, 5) is 2.57. The normalized spacial score (nSPS) is 17.6. The monoisotopic (exact) mass is 282 g/mol. The van der Waals surface area contributed by atoms with Crippen LogP contribution in [0.25, 0.3) is 0 Å². The minimum atomic E-state index is 0.738. The molecule has 1 aromatic carbocycles. The zero-order valence-electron chi connectivity index (χ0n) is 12.3.